The average molecular weight is 429 g/mol. The summed E-state index contributed by atoms with van der Waals surface area (Å²) in [4.78, 5) is 4.13. The number of ether oxygens (including phenoxy) is 2. The molecule has 0 saturated carbocycles. The second kappa shape index (κ2) is 7.91. The van der Waals surface area contributed by atoms with E-state index in [0.717, 1.165) is 12.3 Å². The Balaban J connectivity index is 1.74. The molecule has 1 aromatic carbocycles. The smallest absolute Gasteiger partial charge is 0.417 e. The molecule has 0 radical (unpaired) electrons. The van der Waals surface area contributed by atoms with Crippen LogP contribution >= 0.6 is 0 Å². The zero-order chi connectivity index (χ0) is 21.2. The third-order valence-electron chi connectivity index (χ3n) is 4.16. The summed E-state index contributed by atoms with van der Waals surface area (Å²) >= 11 is 0. The molecule has 0 spiro atoms. The Morgan fingerprint density at radius 2 is 1.86 bits per heavy atom. The summed E-state index contributed by atoms with van der Waals surface area (Å²) in [5, 5.41) is 0. The highest BCUT2D eigenvalue weighted by Gasteiger charge is 2.30. The van der Waals surface area contributed by atoms with E-state index in [-0.39, 0.29) is 23.6 Å². The molecule has 0 amide bonds. The predicted octanol–water partition coefficient (Wildman–Crippen LogP) is 2.89. The lowest BCUT2D eigenvalue weighted by Gasteiger charge is -2.11. The maximum absolute atomic E-state index is 12.8. The third-order valence-corrected chi connectivity index (χ3v) is 5.64. The lowest BCUT2D eigenvalue weighted by Crippen LogP contribution is -2.26. The van der Waals surface area contributed by atoms with E-state index in [1.165, 1.54) is 43.0 Å². The molecule has 0 aliphatic heterocycles. The van der Waals surface area contributed by atoms with Crippen LogP contribution in [0.4, 0.5) is 13.2 Å². The third kappa shape index (κ3) is 4.62. The molecule has 0 aliphatic rings. The fourth-order valence-electron chi connectivity index (χ4n) is 2.72. The summed E-state index contributed by atoms with van der Waals surface area (Å²) in [6, 6.07) is 6.60. The van der Waals surface area contributed by atoms with Gasteiger partial charge in [0.2, 0.25) is 10.0 Å². The van der Waals surface area contributed by atoms with Gasteiger partial charge in [-0.15, -0.1) is 0 Å². The Morgan fingerprint density at radius 1 is 1.10 bits per heavy atom. The molecule has 0 saturated heterocycles. The highest BCUT2D eigenvalue weighted by Crippen LogP contribution is 2.29. The zero-order valence-electron chi connectivity index (χ0n) is 15.5. The van der Waals surface area contributed by atoms with Gasteiger partial charge in [0.15, 0.2) is 0 Å². The van der Waals surface area contributed by atoms with Gasteiger partial charge in [-0.05, 0) is 24.3 Å². The summed E-state index contributed by atoms with van der Waals surface area (Å²) < 4.78 is 77.5. The highest BCUT2D eigenvalue weighted by molar-refractivity contribution is 7.89. The molecule has 0 atom stereocenters. The van der Waals surface area contributed by atoms with E-state index < -0.39 is 21.8 Å². The molecule has 156 valence electrons. The van der Waals surface area contributed by atoms with Gasteiger partial charge in [0, 0.05) is 31.4 Å². The van der Waals surface area contributed by atoms with Gasteiger partial charge in [-0.2, -0.15) is 13.2 Å². The topological polar surface area (TPSA) is 81.9 Å². The van der Waals surface area contributed by atoms with Crippen molar-refractivity contribution in [3.05, 3.63) is 54.0 Å². The second-order valence-corrected chi connectivity index (χ2v) is 7.81. The summed E-state index contributed by atoms with van der Waals surface area (Å²) in [5.41, 5.74) is -0.00488. The van der Waals surface area contributed by atoms with Crippen molar-refractivity contribution in [2.24, 2.45) is 0 Å². The average Bonchev–Trinajstić information content (AvgIpc) is 3.08. The summed E-state index contributed by atoms with van der Waals surface area (Å²) in [7, 11) is -1.13. The first kappa shape index (κ1) is 20.9. The summed E-state index contributed by atoms with van der Waals surface area (Å²) in [6.45, 7) is -0.00128. The normalized spacial score (nSPS) is 12.3. The van der Waals surface area contributed by atoms with Crippen molar-refractivity contribution in [3.63, 3.8) is 0 Å². The zero-order valence-corrected chi connectivity index (χ0v) is 16.3. The number of alkyl halides is 3. The van der Waals surface area contributed by atoms with Crippen LogP contribution in [0, 0.1) is 0 Å². The fourth-order valence-corrected chi connectivity index (χ4v) is 3.93. The van der Waals surface area contributed by atoms with Crippen LogP contribution in [0.1, 0.15) is 11.3 Å². The van der Waals surface area contributed by atoms with Gasteiger partial charge in [0.05, 0.1) is 25.5 Å². The van der Waals surface area contributed by atoms with Crippen molar-refractivity contribution < 1.29 is 31.1 Å². The minimum absolute atomic E-state index is 0.00128. The van der Waals surface area contributed by atoms with E-state index in [2.05, 4.69) is 9.71 Å². The fraction of sp³-hybridized carbons (Fsp3) is 0.278. The molecule has 2 heterocycles. The van der Waals surface area contributed by atoms with Gasteiger partial charge >= 0.3 is 6.18 Å². The van der Waals surface area contributed by atoms with Crippen LogP contribution in [-0.4, -0.2) is 38.6 Å². The summed E-state index contributed by atoms with van der Waals surface area (Å²) in [6.07, 6.45) is -1.89. The Bertz CT molecular complexity index is 1130. The van der Waals surface area contributed by atoms with Crippen molar-refractivity contribution in [1.29, 1.82) is 0 Å². The first-order valence-corrected chi connectivity index (χ1v) is 9.89. The molecule has 0 unspecified atom stereocenters. The van der Waals surface area contributed by atoms with Crippen molar-refractivity contribution in [1.82, 2.24) is 14.1 Å². The minimum Gasteiger partial charge on any atom is -0.497 e. The van der Waals surface area contributed by atoms with E-state index in [4.69, 9.17) is 9.47 Å². The van der Waals surface area contributed by atoms with Crippen molar-refractivity contribution in [2.45, 2.75) is 17.5 Å². The Labute approximate surface area is 165 Å². The van der Waals surface area contributed by atoms with Crippen molar-refractivity contribution in [2.75, 3.05) is 20.8 Å². The lowest BCUT2D eigenvalue weighted by molar-refractivity contribution is -0.137. The SMILES string of the molecule is COc1ccc(OC)c(S(=O)(=O)NCCc2cn3cc(C(F)(F)F)ccc3n2)c1. The van der Waals surface area contributed by atoms with Crippen LogP contribution in [0.15, 0.2) is 47.6 Å². The van der Waals surface area contributed by atoms with Crippen LogP contribution in [0.2, 0.25) is 0 Å². The Kier molecular flexibility index (Phi) is 5.71. The number of nitrogens with one attached hydrogen (secondary N) is 1. The van der Waals surface area contributed by atoms with E-state index in [1.807, 2.05) is 0 Å². The molecule has 7 nitrogen and oxygen atoms in total. The molecule has 0 bridgehead atoms. The maximum Gasteiger partial charge on any atom is 0.417 e. The molecule has 11 heteroatoms. The number of hydrogen-bond acceptors (Lipinski definition) is 5. The molecule has 0 fully saturated rings. The number of pyridine rings is 1. The number of aromatic nitrogens is 2. The highest BCUT2D eigenvalue weighted by atomic mass is 32.2. The molecule has 3 rings (SSSR count). The molecule has 29 heavy (non-hydrogen) atoms. The van der Waals surface area contributed by atoms with Crippen LogP contribution in [0.25, 0.3) is 5.65 Å². The van der Waals surface area contributed by atoms with Gasteiger partial charge in [0.25, 0.3) is 0 Å². The van der Waals surface area contributed by atoms with E-state index in [1.54, 1.807) is 6.07 Å². The quantitative estimate of drug-likeness (QED) is 0.625. The monoisotopic (exact) mass is 429 g/mol. The van der Waals surface area contributed by atoms with Gasteiger partial charge in [-0.3, -0.25) is 0 Å². The number of halogens is 3. The van der Waals surface area contributed by atoms with Gasteiger partial charge in [-0.25, -0.2) is 18.1 Å². The van der Waals surface area contributed by atoms with Crippen LogP contribution in [-0.2, 0) is 22.6 Å². The maximum atomic E-state index is 12.8. The number of nitrogens with zero attached hydrogens (tertiary/aromatic N) is 2. The van der Waals surface area contributed by atoms with Gasteiger partial charge in [0.1, 0.15) is 22.0 Å². The van der Waals surface area contributed by atoms with E-state index in [0.29, 0.717) is 17.1 Å². The number of hydrogen-bond donors (Lipinski definition) is 1. The number of benzene rings is 1. The molecule has 0 aliphatic carbocycles. The van der Waals surface area contributed by atoms with Crippen LogP contribution < -0.4 is 14.2 Å². The largest absolute Gasteiger partial charge is 0.497 e. The van der Waals surface area contributed by atoms with Crippen molar-refractivity contribution >= 4 is 15.7 Å². The van der Waals surface area contributed by atoms with Crippen LogP contribution in [0.5, 0.6) is 11.5 Å². The molecular formula is C18H18F3N3O4S. The summed E-state index contributed by atoms with van der Waals surface area (Å²) in [5.74, 6) is 0.512. The molecule has 1 N–H and O–H groups in total. The number of fused-ring (bicyclic) bond motifs is 1. The van der Waals surface area contributed by atoms with Crippen molar-refractivity contribution in [3.8, 4) is 11.5 Å². The number of rotatable bonds is 7. The van der Waals surface area contributed by atoms with Gasteiger partial charge < -0.3 is 13.9 Å². The minimum atomic E-state index is -4.45. The van der Waals surface area contributed by atoms with E-state index >= 15 is 0 Å². The predicted molar refractivity (Wildman–Crippen MR) is 98.6 cm³/mol. The molecule has 2 aromatic heterocycles. The standard InChI is InChI=1S/C18H18F3N3O4S/c1-27-14-4-5-15(28-2)16(9-14)29(25,26)22-8-7-13-11-24-10-12(18(19,20)21)3-6-17(24)23-13/h3-6,9-11,22H,7-8H2,1-2H3. The first-order chi connectivity index (χ1) is 13.6. The number of methoxy groups -OCH3 is 2. The number of imidazole rings is 1. The second-order valence-electron chi connectivity index (χ2n) is 6.08. The Hall–Kier alpha value is -2.79. The lowest BCUT2D eigenvalue weighted by atomic mass is 10.3. The first-order valence-electron chi connectivity index (χ1n) is 8.40. The Morgan fingerprint density at radius 3 is 2.52 bits per heavy atom. The van der Waals surface area contributed by atoms with E-state index in [9.17, 15) is 21.6 Å². The van der Waals surface area contributed by atoms with Gasteiger partial charge in [-0.1, -0.05) is 0 Å². The van der Waals surface area contributed by atoms with Crippen LogP contribution in [0.3, 0.4) is 0 Å². The molecule has 3 aromatic rings. The molecular weight excluding hydrogens is 411 g/mol. The number of sulfonamides is 1.